The number of sulfonamides is 1. The van der Waals surface area contributed by atoms with Gasteiger partial charge in [0.2, 0.25) is 15.9 Å². The Kier molecular flexibility index (Phi) is 8.53. The minimum Gasteiger partial charge on any atom is -0.497 e. The SMILES string of the molecule is COc1cc(C)c(S(=O)(=O)N(C)CCOCC(=O)N2CCC(O)(c3cccc(F)c3)CC2)c(C)c1. The van der Waals surface area contributed by atoms with E-state index >= 15 is 0 Å². The third-order valence-electron chi connectivity index (χ3n) is 6.42. The average Bonchev–Trinajstić information content (AvgIpc) is 2.81. The molecule has 8 nitrogen and oxygen atoms in total. The van der Waals surface area contributed by atoms with Gasteiger partial charge in [0.25, 0.3) is 0 Å². The van der Waals surface area contributed by atoms with Crippen LogP contribution < -0.4 is 4.74 Å². The molecule has 1 N–H and O–H groups in total. The molecule has 1 heterocycles. The molecule has 10 heteroatoms. The van der Waals surface area contributed by atoms with Crippen LogP contribution in [0, 0.1) is 19.7 Å². The fraction of sp³-hybridized carbons (Fsp3) is 0.480. The summed E-state index contributed by atoms with van der Waals surface area (Å²) in [6.45, 7) is 4.03. The number of hydrogen-bond donors (Lipinski definition) is 1. The predicted octanol–water partition coefficient (Wildman–Crippen LogP) is 2.60. The number of ether oxygens (including phenoxy) is 2. The highest BCUT2D eigenvalue weighted by molar-refractivity contribution is 7.89. The number of likely N-dealkylation sites (tertiary alicyclic amines) is 1. The Morgan fingerprint density at radius 1 is 1.17 bits per heavy atom. The maximum atomic E-state index is 13.5. The maximum Gasteiger partial charge on any atom is 0.248 e. The topological polar surface area (TPSA) is 96.4 Å². The first-order valence-electron chi connectivity index (χ1n) is 11.4. The molecule has 2 aromatic carbocycles. The number of rotatable bonds is 9. The van der Waals surface area contributed by atoms with Gasteiger partial charge in [0.1, 0.15) is 18.2 Å². The zero-order chi connectivity index (χ0) is 25.8. The van der Waals surface area contributed by atoms with Crippen LogP contribution in [0.3, 0.4) is 0 Å². The fourth-order valence-corrected chi connectivity index (χ4v) is 5.91. The molecule has 0 radical (unpaired) electrons. The highest BCUT2D eigenvalue weighted by Crippen LogP contribution is 2.33. The Balaban J connectivity index is 1.48. The van der Waals surface area contributed by atoms with Gasteiger partial charge in [0, 0.05) is 26.7 Å². The number of amides is 1. The maximum absolute atomic E-state index is 13.5. The molecule has 2 aromatic rings. The molecule has 1 aliphatic heterocycles. The van der Waals surface area contributed by atoms with E-state index in [9.17, 15) is 22.7 Å². The summed E-state index contributed by atoms with van der Waals surface area (Å²) >= 11 is 0. The summed E-state index contributed by atoms with van der Waals surface area (Å²) in [6, 6.07) is 9.24. The molecular formula is C25H33FN2O6S. The smallest absolute Gasteiger partial charge is 0.248 e. The van der Waals surface area contributed by atoms with Crippen LogP contribution in [0.25, 0.3) is 0 Å². The number of benzene rings is 2. The molecule has 0 spiro atoms. The number of halogens is 1. The van der Waals surface area contributed by atoms with Crippen molar-refractivity contribution in [2.75, 3.05) is 47.0 Å². The van der Waals surface area contributed by atoms with Gasteiger partial charge in [-0.15, -0.1) is 0 Å². The van der Waals surface area contributed by atoms with Gasteiger partial charge >= 0.3 is 0 Å². The first-order chi connectivity index (χ1) is 16.5. The number of aryl methyl sites for hydroxylation is 2. The van der Waals surface area contributed by atoms with E-state index in [4.69, 9.17) is 9.47 Å². The standard InChI is InChI=1S/C25H33FN2O6S/c1-18-14-22(33-4)15-19(2)24(18)35(31,32)27(3)12-13-34-17-23(29)28-10-8-25(30,9-11-28)20-6-5-7-21(26)16-20/h5-7,14-16,30H,8-13,17H2,1-4H3. The molecule has 0 atom stereocenters. The second-order valence-corrected chi connectivity index (χ2v) is 10.9. The number of carbonyl (C=O) groups excluding carboxylic acids is 1. The van der Waals surface area contributed by atoms with E-state index in [-0.39, 0.29) is 30.6 Å². The molecule has 1 saturated heterocycles. The molecule has 1 amide bonds. The van der Waals surface area contributed by atoms with Gasteiger partial charge in [-0.2, -0.15) is 4.31 Å². The number of likely N-dealkylation sites (N-methyl/N-ethyl adjacent to an activating group) is 1. The van der Waals surface area contributed by atoms with Crippen molar-refractivity contribution in [2.45, 2.75) is 37.2 Å². The summed E-state index contributed by atoms with van der Waals surface area (Å²) < 4.78 is 51.5. The van der Waals surface area contributed by atoms with Gasteiger partial charge in [0.15, 0.2) is 0 Å². The molecule has 0 unspecified atom stereocenters. The van der Waals surface area contributed by atoms with Crippen LogP contribution in [-0.4, -0.2) is 75.6 Å². The quantitative estimate of drug-likeness (QED) is 0.523. The van der Waals surface area contributed by atoms with Crippen molar-refractivity contribution in [1.82, 2.24) is 9.21 Å². The Bertz CT molecular complexity index is 1140. The number of aliphatic hydroxyl groups is 1. The van der Waals surface area contributed by atoms with Crippen LogP contribution in [0.4, 0.5) is 4.39 Å². The fourth-order valence-electron chi connectivity index (χ4n) is 4.35. The Morgan fingerprint density at radius 3 is 2.37 bits per heavy atom. The number of methoxy groups -OCH3 is 1. The molecule has 192 valence electrons. The van der Waals surface area contributed by atoms with Crippen molar-refractivity contribution >= 4 is 15.9 Å². The van der Waals surface area contributed by atoms with Crippen LogP contribution in [0.2, 0.25) is 0 Å². The number of nitrogens with zero attached hydrogens (tertiary/aromatic N) is 2. The van der Waals surface area contributed by atoms with E-state index in [1.54, 1.807) is 43.0 Å². The minimum absolute atomic E-state index is 0.0524. The van der Waals surface area contributed by atoms with Gasteiger partial charge < -0.3 is 19.5 Å². The zero-order valence-electron chi connectivity index (χ0n) is 20.6. The van der Waals surface area contributed by atoms with Crippen LogP contribution >= 0.6 is 0 Å². The van der Waals surface area contributed by atoms with Gasteiger partial charge in [-0.1, -0.05) is 12.1 Å². The molecule has 0 aromatic heterocycles. The second-order valence-electron chi connectivity index (χ2n) is 8.89. The van der Waals surface area contributed by atoms with E-state index in [0.29, 0.717) is 48.4 Å². The molecule has 35 heavy (non-hydrogen) atoms. The summed E-state index contributed by atoms with van der Waals surface area (Å²) in [5.74, 6) is -0.0543. The lowest BCUT2D eigenvalue weighted by Crippen LogP contribution is -2.46. The molecule has 0 aliphatic carbocycles. The van der Waals surface area contributed by atoms with Gasteiger partial charge in [-0.3, -0.25) is 4.79 Å². The summed E-state index contributed by atoms with van der Waals surface area (Å²) in [6.07, 6.45) is 0.591. The number of carbonyl (C=O) groups is 1. The minimum atomic E-state index is -3.74. The normalized spacial score (nSPS) is 15.9. The van der Waals surface area contributed by atoms with E-state index in [1.165, 1.54) is 30.6 Å². The lowest BCUT2D eigenvalue weighted by Gasteiger charge is -2.38. The highest BCUT2D eigenvalue weighted by Gasteiger charge is 2.35. The third kappa shape index (κ3) is 6.19. The zero-order valence-corrected chi connectivity index (χ0v) is 21.4. The van der Waals surface area contributed by atoms with Crippen molar-refractivity contribution in [3.05, 3.63) is 58.9 Å². The number of piperidine rings is 1. The number of hydrogen-bond acceptors (Lipinski definition) is 6. The summed E-state index contributed by atoms with van der Waals surface area (Å²) in [7, 11) is -0.738. The van der Waals surface area contributed by atoms with Crippen LogP contribution in [0.15, 0.2) is 41.3 Å². The molecular weight excluding hydrogens is 475 g/mol. The van der Waals surface area contributed by atoms with Gasteiger partial charge in [-0.25, -0.2) is 12.8 Å². The van der Waals surface area contributed by atoms with Crippen LogP contribution in [0.1, 0.15) is 29.5 Å². The summed E-state index contributed by atoms with van der Waals surface area (Å²) in [5, 5.41) is 10.9. The lowest BCUT2D eigenvalue weighted by molar-refractivity contribution is -0.140. The van der Waals surface area contributed by atoms with E-state index in [1.807, 2.05) is 0 Å². The Labute approximate surface area is 206 Å². The molecule has 0 saturated carbocycles. The summed E-state index contributed by atoms with van der Waals surface area (Å²) in [5.41, 5.74) is 0.516. The predicted molar refractivity (Wildman–Crippen MR) is 129 cm³/mol. The Morgan fingerprint density at radius 2 is 1.80 bits per heavy atom. The second kappa shape index (κ2) is 11.0. The molecule has 0 bridgehead atoms. The van der Waals surface area contributed by atoms with Crippen molar-refractivity contribution in [2.24, 2.45) is 0 Å². The van der Waals surface area contributed by atoms with E-state index in [2.05, 4.69) is 0 Å². The van der Waals surface area contributed by atoms with Crippen molar-refractivity contribution in [3.8, 4) is 5.75 Å². The lowest BCUT2D eigenvalue weighted by atomic mass is 9.84. The van der Waals surface area contributed by atoms with Crippen LogP contribution in [0.5, 0.6) is 5.75 Å². The van der Waals surface area contributed by atoms with Crippen molar-refractivity contribution in [3.63, 3.8) is 0 Å². The van der Waals surface area contributed by atoms with Gasteiger partial charge in [-0.05, 0) is 67.6 Å². The first kappa shape index (κ1) is 27.1. The highest BCUT2D eigenvalue weighted by atomic mass is 32.2. The van der Waals surface area contributed by atoms with Crippen molar-refractivity contribution < 1.29 is 32.2 Å². The first-order valence-corrected chi connectivity index (χ1v) is 12.9. The molecule has 3 rings (SSSR count). The van der Waals surface area contributed by atoms with Crippen molar-refractivity contribution in [1.29, 1.82) is 0 Å². The van der Waals surface area contributed by atoms with Crippen LogP contribution in [-0.2, 0) is 25.2 Å². The largest absolute Gasteiger partial charge is 0.497 e. The summed E-state index contributed by atoms with van der Waals surface area (Å²) in [4.78, 5) is 14.4. The van der Waals surface area contributed by atoms with E-state index < -0.39 is 21.4 Å². The Hall–Kier alpha value is -2.53. The molecule has 1 aliphatic rings. The van der Waals surface area contributed by atoms with Gasteiger partial charge in [0.05, 0.1) is 24.2 Å². The monoisotopic (exact) mass is 508 g/mol. The van der Waals surface area contributed by atoms with E-state index in [0.717, 1.165) is 0 Å². The molecule has 1 fully saturated rings. The third-order valence-corrected chi connectivity index (χ3v) is 8.58. The average molecular weight is 509 g/mol.